The van der Waals surface area contributed by atoms with Gasteiger partial charge in [0, 0.05) is 11.3 Å². The Kier molecular flexibility index (Phi) is 7.22. The predicted octanol–water partition coefficient (Wildman–Crippen LogP) is 5.46. The highest BCUT2D eigenvalue weighted by Gasteiger charge is 2.16. The molecule has 0 aliphatic heterocycles. The molecule has 4 rings (SSSR count). The molecule has 0 spiro atoms. The van der Waals surface area contributed by atoms with Crippen LogP contribution >= 0.6 is 11.6 Å². The molecule has 0 aliphatic rings. The van der Waals surface area contributed by atoms with Crippen LogP contribution in [0.2, 0.25) is 5.02 Å². The zero-order chi connectivity index (χ0) is 24.9. The Morgan fingerprint density at radius 2 is 1.80 bits per heavy atom. The number of furan rings is 1. The Morgan fingerprint density at radius 3 is 2.54 bits per heavy atom. The van der Waals surface area contributed by atoms with E-state index in [2.05, 4.69) is 15.6 Å². The first-order valence-corrected chi connectivity index (χ1v) is 11.3. The normalized spacial score (nSPS) is 10.7. The van der Waals surface area contributed by atoms with Crippen molar-refractivity contribution in [3.05, 3.63) is 88.2 Å². The van der Waals surface area contributed by atoms with Crippen LogP contribution in [0.15, 0.2) is 63.4 Å². The Labute approximate surface area is 207 Å². The maximum Gasteiger partial charge on any atom is 0.259 e. The van der Waals surface area contributed by atoms with Crippen molar-refractivity contribution in [3.8, 4) is 17.2 Å². The fourth-order valence-corrected chi connectivity index (χ4v) is 3.63. The molecule has 0 atom stereocenters. The number of ether oxygens (including phenoxy) is 1. The van der Waals surface area contributed by atoms with Crippen LogP contribution in [0.4, 0.5) is 5.69 Å². The van der Waals surface area contributed by atoms with E-state index < -0.39 is 0 Å². The number of nitrogens with one attached hydrogen (secondary N) is 2. The average molecular weight is 494 g/mol. The number of hydrogen-bond donors (Lipinski definition) is 2. The Morgan fingerprint density at radius 1 is 1.00 bits per heavy atom. The smallest absolute Gasteiger partial charge is 0.259 e. The zero-order valence-corrected chi connectivity index (χ0v) is 20.2. The highest BCUT2D eigenvalue weighted by molar-refractivity contribution is 6.32. The van der Waals surface area contributed by atoms with Gasteiger partial charge in [0.1, 0.15) is 28.7 Å². The van der Waals surface area contributed by atoms with Gasteiger partial charge < -0.3 is 24.2 Å². The molecule has 180 valence electrons. The first kappa shape index (κ1) is 24.1. The third-order valence-electron chi connectivity index (χ3n) is 5.19. The van der Waals surface area contributed by atoms with E-state index >= 15 is 0 Å². The van der Waals surface area contributed by atoms with Crippen molar-refractivity contribution >= 4 is 29.1 Å². The van der Waals surface area contributed by atoms with Crippen LogP contribution in [0.1, 0.15) is 33.3 Å². The molecule has 2 amide bonds. The molecule has 0 bridgehead atoms. The molecule has 2 aromatic heterocycles. The molecule has 4 aromatic rings. The second-order valence-corrected chi connectivity index (χ2v) is 8.29. The third-order valence-corrected chi connectivity index (χ3v) is 5.51. The topological polar surface area (TPSA) is 107 Å². The van der Waals surface area contributed by atoms with E-state index in [1.807, 2.05) is 6.07 Å². The molecule has 2 N–H and O–H groups in total. The lowest BCUT2D eigenvalue weighted by molar-refractivity contribution is -0.123. The number of halogens is 1. The summed E-state index contributed by atoms with van der Waals surface area (Å²) in [7, 11) is 0. The summed E-state index contributed by atoms with van der Waals surface area (Å²) in [6.45, 7) is 5.31. The van der Waals surface area contributed by atoms with E-state index in [4.69, 9.17) is 25.2 Å². The summed E-state index contributed by atoms with van der Waals surface area (Å²) in [5.41, 5.74) is 2.35. The molecule has 0 unspecified atom stereocenters. The highest BCUT2D eigenvalue weighted by Crippen LogP contribution is 2.26. The molecular weight excluding hydrogens is 470 g/mol. The Balaban J connectivity index is 1.38. The van der Waals surface area contributed by atoms with E-state index in [0.29, 0.717) is 56.5 Å². The van der Waals surface area contributed by atoms with Gasteiger partial charge in [-0.05, 0) is 57.2 Å². The van der Waals surface area contributed by atoms with Gasteiger partial charge in [-0.1, -0.05) is 29.8 Å². The molecule has 0 aliphatic carbocycles. The van der Waals surface area contributed by atoms with Crippen molar-refractivity contribution in [1.82, 2.24) is 10.3 Å². The van der Waals surface area contributed by atoms with Crippen LogP contribution in [-0.4, -0.2) is 23.4 Å². The summed E-state index contributed by atoms with van der Waals surface area (Å²) in [5.74, 6) is 2.05. The van der Waals surface area contributed by atoms with Crippen molar-refractivity contribution in [2.24, 2.45) is 0 Å². The van der Waals surface area contributed by atoms with E-state index in [1.165, 1.54) is 0 Å². The van der Waals surface area contributed by atoms with Gasteiger partial charge in [0.15, 0.2) is 6.61 Å². The molecule has 0 saturated carbocycles. The number of carbonyl (C=O) groups is 2. The van der Waals surface area contributed by atoms with Crippen LogP contribution in [0, 0.1) is 20.8 Å². The largest absolute Gasteiger partial charge is 0.482 e. The maximum absolute atomic E-state index is 12.6. The van der Waals surface area contributed by atoms with Gasteiger partial charge >= 0.3 is 0 Å². The zero-order valence-electron chi connectivity index (χ0n) is 19.5. The number of nitrogens with zero attached hydrogens (tertiary/aromatic N) is 1. The standard InChI is InChI=1S/C26H24ClN3O5/c1-15-11-20(16(2)34-15)25(32)29-19-8-6-7-18(12-19)26-30-22(17(3)35-26)13-28-24(31)14-33-23-10-5-4-9-21(23)27/h4-12H,13-14H2,1-3H3,(H,28,31)(H,29,32). The van der Waals surface area contributed by atoms with Crippen molar-refractivity contribution < 1.29 is 23.2 Å². The van der Waals surface area contributed by atoms with Crippen LogP contribution in [0.5, 0.6) is 5.75 Å². The van der Waals surface area contributed by atoms with E-state index in [0.717, 1.165) is 0 Å². The summed E-state index contributed by atoms with van der Waals surface area (Å²) in [5, 5.41) is 6.06. The van der Waals surface area contributed by atoms with Gasteiger partial charge in [0.25, 0.3) is 11.8 Å². The molecule has 35 heavy (non-hydrogen) atoms. The van der Waals surface area contributed by atoms with Gasteiger partial charge in [-0.15, -0.1) is 0 Å². The molecule has 9 heteroatoms. The number of aromatic nitrogens is 1. The molecule has 0 saturated heterocycles. The summed E-state index contributed by atoms with van der Waals surface area (Å²) in [6.07, 6.45) is 0. The summed E-state index contributed by atoms with van der Waals surface area (Å²) in [4.78, 5) is 29.3. The minimum Gasteiger partial charge on any atom is -0.482 e. The minimum atomic E-state index is -0.316. The lowest BCUT2D eigenvalue weighted by Gasteiger charge is -2.07. The first-order valence-electron chi connectivity index (χ1n) is 10.9. The molecule has 0 radical (unpaired) electrons. The summed E-state index contributed by atoms with van der Waals surface area (Å²) in [6, 6.07) is 15.8. The third kappa shape index (κ3) is 5.91. The van der Waals surface area contributed by atoms with Gasteiger partial charge in [0.05, 0.1) is 17.1 Å². The van der Waals surface area contributed by atoms with Gasteiger partial charge in [0.2, 0.25) is 5.89 Å². The lowest BCUT2D eigenvalue weighted by atomic mass is 10.2. The minimum absolute atomic E-state index is 0.176. The van der Waals surface area contributed by atoms with Crippen molar-refractivity contribution in [3.63, 3.8) is 0 Å². The summed E-state index contributed by atoms with van der Waals surface area (Å²) < 4.78 is 16.7. The number of aryl methyl sites for hydroxylation is 3. The predicted molar refractivity (Wildman–Crippen MR) is 132 cm³/mol. The lowest BCUT2D eigenvalue weighted by Crippen LogP contribution is -2.28. The van der Waals surface area contributed by atoms with Crippen LogP contribution in [0.3, 0.4) is 0 Å². The SMILES string of the molecule is Cc1cc(C(=O)Nc2cccc(-c3nc(CNC(=O)COc4ccccc4Cl)c(C)o3)c2)c(C)o1. The molecule has 0 fully saturated rings. The number of amides is 2. The second-order valence-electron chi connectivity index (χ2n) is 7.88. The molecule has 2 heterocycles. The molecular formula is C26H24ClN3O5. The van der Waals surface area contributed by atoms with Gasteiger partial charge in [-0.2, -0.15) is 0 Å². The monoisotopic (exact) mass is 493 g/mol. The maximum atomic E-state index is 12.6. The number of para-hydroxylation sites is 1. The summed E-state index contributed by atoms with van der Waals surface area (Å²) >= 11 is 6.03. The Hall–Kier alpha value is -4.04. The number of anilines is 1. The Bertz CT molecular complexity index is 1380. The highest BCUT2D eigenvalue weighted by atomic mass is 35.5. The fraction of sp³-hybridized carbons (Fsp3) is 0.192. The van der Waals surface area contributed by atoms with Gasteiger partial charge in [-0.25, -0.2) is 4.98 Å². The van der Waals surface area contributed by atoms with Crippen molar-refractivity contribution in [2.45, 2.75) is 27.3 Å². The van der Waals surface area contributed by atoms with Crippen LogP contribution in [0.25, 0.3) is 11.5 Å². The number of carbonyl (C=O) groups excluding carboxylic acids is 2. The van der Waals surface area contributed by atoms with Crippen LogP contribution in [-0.2, 0) is 11.3 Å². The quantitative estimate of drug-likeness (QED) is 0.337. The number of oxazole rings is 1. The number of hydrogen-bond acceptors (Lipinski definition) is 6. The average Bonchev–Trinajstić information content (AvgIpc) is 3.38. The van der Waals surface area contributed by atoms with Crippen molar-refractivity contribution in [1.29, 1.82) is 0 Å². The van der Waals surface area contributed by atoms with Crippen molar-refractivity contribution in [2.75, 3.05) is 11.9 Å². The fourth-order valence-electron chi connectivity index (χ4n) is 3.44. The van der Waals surface area contributed by atoms with E-state index in [1.54, 1.807) is 69.3 Å². The first-order chi connectivity index (χ1) is 16.8. The van der Waals surface area contributed by atoms with Gasteiger partial charge in [-0.3, -0.25) is 9.59 Å². The molecule has 8 nitrogen and oxygen atoms in total. The number of rotatable bonds is 8. The second kappa shape index (κ2) is 10.5. The van der Waals surface area contributed by atoms with E-state index in [9.17, 15) is 9.59 Å². The van der Waals surface area contributed by atoms with E-state index in [-0.39, 0.29) is 25.0 Å². The van der Waals surface area contributed by atoms with Crippen LogP contribution < -0.4 is 15.4 Å². The number of benzene rings is 2. The molecule has 2 aromatic carbocycles.